The van der Waals surface area contributed by atoms with Crippen molar-refractivity contribution in [3.8, 4) is 0 Å². The van der Waals surface area contributed by atoms with E-state index in [1.807, 2.05) is 0 Å². The number of alkyl halides is 3. The van der Waals surface area contributed by atoms with Crippen LogP contribution < -0.4 is 5.32 Å². The quantitative estimate of drug-likeness (QED) is 0.688. The molecule has 0 bridgehead atoms. The number of amides is 1. The highest BCUT2D eigenvalue weighted by Gasteiger charge is 2.63. The van der Waals surface area contributed by atoms with Gasteiger partial charge in [-0.1, -0.05) is 19.9 Å². The molecule has 1 amide bonds. The van der Waals surface area contributed by atoms with Gasteiger partial charge in [0.05, 0.1) is 17.0 Å². The number of carbonyl (C=O) groups is 2. The van der Waals surface area contributed by atoms with Crippen LogP contribution in [0, 0.1) is 11.8 Å². The van der Waals surface area contributed by atoms with Gasteiger partial charge in [-0.2, -0.15) is 28.8 Å². The van der Waals surface area contributed by atoms with Gasteiger partial charge in [0.2, 0.25) is 5.91 Å². The molecular weight excluding hydrogens is 359 g/mol. The van der Waals surface area contributed by atoms with Crippen LogP contribution in [0.2, 0.25) is 0 Å². The number of carboxylic acid groups (broad SMARTS) is 1. The molecule has 1 aromatic heterocycles. The maximum absolute atomic E-state index is 14.1. The molecule has 2 heterocycles. The van der Waals surface area contributed by atoms with Crippen molar-refractivity contribution in [2.24, 2.45) is 11.8 Å². The van der Waals surface area contributed by atoms with Gasteiger partial charge in [-0.15, -0.1) is 0 Å². The summed E-state index contributed by atoms with van der Waals surface area (Å²) in [4.78, 5) is 23.6. The number of aliphatic carboxylic acids is 1. The number of carboxylic acids is 1. The van der Waals surface area contributed by atoms with Gasteiger partial charge >= 0.3 is 12.1 Å². The average Bonchev–Trinajstić information content (AvgIpc) is 3.07. The van der Waals surface area contributed by atoms with Crippen molar-refractivity contribution in [2.45, 2.75) is 24.8 Å². The zero-order valence-electron chi connectivity index (χ0n) is 13.7. The first kappa shape index (κ1) is 19.2. The number of halogens is 3. The highest BCUT2D eigenvalue weighted by Crippen LogP contribution is 2.55. The number of H-pyrrole nitrogens is 1. The number of hydrogen-bond donors (Lipinski definition) is 3. The first-order valence-corrected chi connectivity index (χ1v) is 8.98. The van der Waals surface area contributed by atoms with Crippen molar-refractivity contribution in [2.75, 3.05) is 11.6 Å². The Morgan fingerprint density at radius 2 is 2.04 bits per heavy atom. The van der Waals surface area contributed by atoms with Gasteiger partial charge in [-0.3, -0.25) is 9.89 Å². The number of hydrogen-bond acceptors (Lipinski definition) is 3. The maximum atomic E-state index is 14.1. The second kappa shape index (κ2) is 6.66. The van der Waals surface area contributed by atoms with Crippen LogP contribution in [0.4, 0.5) is 19.0 Å². The minimum Gasteiger partial charge on any atom is -0.477 e. The molecule has 25 heavy (non-hydrogen) atoms. The maximum Gasteiger partial charge on any atom is 0.407 e. The van der Waals surface area contributed by atoms with Gasteiger partial charge in [0.15, 0.2) is 0 Å². The lowest BCUT2D eigenvalue weighted by Gasteiger charge is -2.40. The van der Waals surface area contributed by atoms with Crippen LogP contribution in [-0.4, -0.2) is 49.2 Å². The van der Waals surface area contributed by atoms with Crippen molar-refractivity contribution in [1.82, 2.24) is 10.2 Å². The van der Waals surface area contributed by atoms with Crippen LogP contribution >= 0.6 is 10.5 Å². The number of nitrogens with zero attached hydrogens (tertiary/aromatic N) is 1. The zero-order valence-corrected chi connectivity index (χ0v) is 14.5. The van der Waals surface area contributed by atoms with Gasteiger partial charge in [-0.25, -0.2) is 4.79 Å². The lowest BCUT2D eigenvalue weighted by atomic mass is 9.80. The van der Waals surface area contributed by atoms with Crippen LogP contribution in [-0.2, 0) is 9.59 Å². The van der Waals surface area contributed by atoms with E-state index in [4.69, 9.17) is 0 Å². The predicted molar refractivity (Wildman–Crippen MR) is 89.6 cm³/mol. The van der Waals surface area contributed by atoms with Gasteiger partial charge in [0.25, 0.3) is 0 Å². The number of aromatic amines is 1. The highest BCUT2D eigenvalue weighted by atomic mass is 32.2. The molecule has 1 aromatic rings. The third-order valence-corrected chi connectivity index (χ3v) is 6.75. The van der Waals surface area contributed by atoms with Gasteiger partial charge in [-0.05, 0) is 18.2 Å². The van der Waals surface area contributed by atoms with E-state index in [0.29, 0.717) is 0 Å². The standard InChI is InChI=1S/C15H18F3N3O3S/c1-8(2)11(12(22)20-10-5-7-19-21-10)14(15(16,17)18)6-4-9(13(23)24)25(14)3/h4-8,11H,1-3H3,(H,23,24)(H2,19,20,21,22). The van der Waals surface area contributed by atoms with Crippen molar-refractivity contribution in [3.63, 3.8) is 0 Å². The number of aromatic nitrogens is 2. The van der Waals surface area contributed by atoms with E-state index in [-0.39, 0.29) is 10.7 Å². The fourth-order valence-corrected chi connectivity index (χ4v) is 5.33. The van der Waals surface area contributed by atoms with E-state index < -0.39 is 45.1 Å². The molecule has 0 spiro atoms. The Bertz CT molecular complexity index is 741. The summed E-state index contributed by atoms with van der Waals surface area (Å²) in [7, 11) is -1.73. The third kappa shape index (κ3) is 3.22. The molecule has 1 aliphatic rings. The fourth-order valence-electron chi connectivity index (χ4n) is 3.06. The van der Waals surface area contributed by atoms with Crippen LogP contribution in [0.5, 0.6) is 0 Å². The Morgan fingerprint density at radius 3 is 2.44 bits per heavy atom. The van der Waals surface area contributed by atoms with Crippen LogP contribution in [0.1, 0.15) is 13.8 Å². The first-order valence-electron chi connectivity index (χ1n) is 7.35. The minimum atomic E-state index is -4.79. The Morgan fingerprint density at radius 1 is 1.40 bits per heavy atom. The monoisotopic (exact) mass is 377 g/mol. The van der Waals surface area contributed by atoms with Crippen molar-refractivity contribution in [3.05, 3.63) is 24.4 Å². The van der Waals surface area contributed by atoms with E-state index in [0.717, 1.165) is 12.2 Å². The van der Waals surface area contributed by atoms with Gasteiger partial charge < -0.3 is 10.4 Å². The normalized spacial score (nSPS) is 24.6. The summed E-state index contributed by atoms with van der Waals surface area (Å²) in [6, 6.07) is 1.42. The van der Waals surface area contributed by atoms with E-state index >= 15 is 0 Å². The summed E-state index contributed by atoms with van der Waals surface area (Å²) >= 11 is 0. The molecule has 0 aromatic carbocycles. The Kier molecular flexibility index (Phi) is 5.12. The summed E-state index contributed by atoms with van der Waals surface area (Å²) in [6.45, 7) is 3.02. The molecule has 1 aliphatic heterocycles. The molecule has 6 nitrogen and oxygen atoms in total. The summed E-state index contributed by atoms with van der Waals surface area (Å²) in [5.74, 6) is -4.26. The Balaban J connectivity index is 2.57. The van der Waals surface area contributed by atoms with E-state index in [1.165, 1.54) is 32.4 Å². The third-order valence-electron chi connectivity index (χ3n) is 4.14. The molecule has 138 valence electrons. The van der Waals surface area contributed by atoms with E-state index in [1.54, 1.807) is 0 Å². The van der Waals surface area contributed by atoms with Crippen molar-refractivity contribution in [1.29, 1.82) is 0 Å². The molecule has 0 saturated heterocycles. The number of anilines is 1. The predicted octanol–water partition coefficient (Wildman–Crippen LogP) is 2.65. The summed E-state index contributed by atoms with van der Waals surface area (Å²) in [5.41, 5.74) is 0. The minimum absolute atomic E-state index is 0.174. The molecule has 10 heteroatoms. The molecule has 0 saturated carbocycles. The number of carbonyl (C=O) groups excluding carboxylic acids is 1. The molecule has 3 N–H and O–H groups in total. The number of rotatable bonds is 5. The molecule has 3 unspecified atom stereocenters. The average molecular weight is 377 g/mol. The lowest BCUT2D eigenvalue weighted by Crippen LogP contribution is -2.53. The SMILES string of the molecule is CC(C)C(C(=O)Nc1ccn[nH]1)C1(C(F)(F)F)C=CC(C(=O)O)=S1C. The topological polar surface area (TPSA) is 95.1 Å². The van der Waals surface area contributed by atoms with Crippen LogP contribution in [0.15, 0.2) is 24.4 Å². The first-order chi connectivity index (χ1) is 11.5. The summed E-state index contributed by atoms with van der Waals surface area (Å²) in [6.07, 6.45) is -0.418. The molecule has 2 rings (SSSR count). The van der Waals surface area contributed by atoms with Crippen molar-refractivity contribution >= 4 is 33.0 Å². The summed E-state index contributed by atoms with van der Waals surface area (Å²) in [5, 5.41) is 17.7. The highest BCUT2D eigenvalue weighted by molar-refractivity contribution is 8.18. The molecule has 0 radical (unpaired) electrons. The number of nitrogens with one attached hydrogen (secondary N) is 2. The largest absolute Gasteiger partial charge is 0.477 e. The van der Waals surface area contributed by atoms with Crippen molar-refractivity contribution < 1.29 is 27.9 Å². The van der Waals surface area contributed by atoms with Gasteiger partial charge in [0, 0.05) is 6.07 Å². The van der Waals surface area contributed by atoms with Gasteiger partial charge in [0.1, 0.15) is 10.6 Å². The fraction of sp³-hybridized carbons (Fsp3) is 0.467. The molecular formula is C15H18F3N3O3S. The van der Waals surface area contributed by atoms with Crippen LogP contribution in [0.25, 0.3) is 0 Å². The van der Waals surface area contributed by atoms with Crippen LogP contribution in [0.3, 0.4) is 0 Å². The second-order valence-electron chi connectivity index (χ2n) is 5.99. The Labute approximate surface area is 144 Å². The zero-order chi connectivity index (χ0) is 19.0. The van der Waals surface area contributed by atoms with E-state index in [9.17, 15) is 27.9 Å². The molecule has 0 aliphatic carbocycles. The Hall–Kier alpha value is -2.10. The lowest BCUT2D eigenvalue weighted by molar-refractivity contribution is -0.167. The molecule has 3 atom stereocenters. The van der Waals surface area contributed by atoms with E-state index in [2.05, 4.69) is 15.5 Å². The second-order valence-corrected chi connectivity index (χ2v) is 8.12. The smallest absolute Gasteiger partial charge is 0.407 e. The molecule has 0 fully saturated rings. The summed E-state index contributed by atoms with van der Waals surface area (Å²) < 4.78 is 39.7.